The Balaban J connectivity index is 2.47. The van der Waals surface area contributed by atoms with Crippen LogP contribution in [-0.4, -0.2) is 42.9 Å². The van der Waals surface area contributed by atoms with Crippen molar-refractivity contribution >= 4 is 34.1 Å². The van der Waals surface area contributed by atoms with Crippen molar-refractivity contribution in [2.45, 2.75) is 40.2 Å². The standard InChI is InChI=1S/C16H22N2O4S/c1-5-13(20)17(4)15-14(16(21)22-6-2)11-7-8-18(10(3)19)9-12(11)23-15/h5-9H2,1-4H3. The summed E-state index contributed by atoms with van der Waals surface area (Å²) < 4.78 is 5.18. The maximum atomic E-state index is 12.4. The number of hydrogen-bond acceptors (Lipinski definition) is 5. The van der Waals surface area contributed by atoms with Crippen LogP contribution in [0.3, 0.4) is 0 Å². The third-order valence-corrected chi connectivity index (χ3v) is 5.24. The minimum atomic E-state index is -0.396. The Morgan fingerprint density at radius 2 is 2.00 bits per heavy atom. The molecule has 0 N–H and O–H groups in total. The van der Waals surface area contributed by atoms with Crippen molar-refractivity contribution in [1.82, 2.24) is 4.90 Å². The lowest BCUT2D eigenvalue weighted by molar-refractivity contribution is -0.129. The highest BCUT2D eigenvalue weighted by Crippen LogP contribution is 2.39. The van der Waals surface area contributed by atoms with Crippen molar-refractivity contribution in [3.8, 4) is 0 Å². The van der Waals surface area contributed by atoms with Crippen molar-refractivity contribution in [3.63, 3.8) is 0 Å². The Morgan fingerprint density at radius 1 is 1.30 bits per heavy atom. The molecule has 0 radical (unpaired) electrons. The first-order valence-electron chi connectivity index (χ1n) is 7.74. The average Bonchev–Trinajstić information content (AvgIpc) is 2.91. The second-order valence-corrected chi connectivity index (χ2v) is 6.48. The number of thiophene rings is 1. The average molecular weight is 338 g/mol. The van der Waals surface area contributed by atoms with Gasteiger partial charge in [-0.25, -0.2) is 4.79 Å². The second-order valence-electron chi connectivity index (χ2n) is 5.40. The lowest BCUT2D eigenvalue weighted by Gasteiger charge is -2.25. The van der Waals surface area contributed by atoms with Crippen LogP contribution >= 0.6 is 11.3 Å². The molecule has 0 bridgehead atoms. The fraction of sp³-hybridized carbons (Fsp3) is 0.562. The highest BCUT2D eigenvalue weighted by Gasteiger charge is 2.31. The molecule has 0 aromatic carbocycles. The van der Waals surface area contributed by atoms with E-state index in [1.807, 2.05) is 0 Å². The van der Waals surface area contributed by atoms with Crippen LogP contribution in [0, 0.1) is 0 Å². The summed E-state index contributed by atoms with van der Waals surface area (Å²) in [5, 5.41) is 0.616. The molecule has 0 aliphatic carbocycles. The van der Waals surface area contributed by atoms with Crippen molar-refractivity contribution in [1.29, 1.82) is 0 Å². The topological polar surface area (TPSA) is 66.9 Å². The Morgan fingerprint density at radius 3 is 2.57 bits per heavy atom. The van der Waals surface area contributed by atoms with Crippen molar-refractivity contribution < 1.29 is 19.1 Å². The van der Waals surface area contributed by atoms with E-state index in [0.717, 1.165) is 10.4 Å². The summed E-state index contributed by atoms with van der Waals surface area (Å²) in [6.45, 7) is 6.43. The number of ether oxygens (including phenoxy) is 1. The third-order valence-electron chi connectivity index (χ3n) is 3.94. The Hall–Kier alpha value is -1.89. The van der Waals surface area contributed by atoms with Gasteiger partial charge in [0.2, 0.25) is 11.8 Å². The molecule has 1 aromatic rings. The zero-order chi connectivity index (χ0) is 17.1. The minimum Gasteiger partial charge on any atom is -0.462 e. The molecule has 6 nitrogen and oxygen atoms in total. The predicted octanol–water partition coefficient (Wildman–Crippen LogP) is 2.20. The van der Waals surface area contributed by atoms with Gasteiger partial charge in [0.25, 0.3) is 0 Å². The van der Waals surface area contributed by atoms with E-state index in [1.165, 1.54) is 16.2 Å². The number of esters is 1. The Bertz CT molecular complexity index is 638. The molecule has 2 rings (SSSR count). The molecule has 2 amide bonds. The quantitative estimate of drug-likeness (QED) is 0.790. The van der Waals surface area contributed by atoms with Crippen LogP contribution in [0.5, 0.6) is 0 Å². The van der Waals surface area contributed by atoms with Gasteiger partial charge >= 0.3 is 5.97 Å². The normalized spacial score (nSPS) is 13.5. The largest absolute Gasteiger partial charge is 0.462 e. The molecule has 7 heteroatoms. The van der Waals surface area contributed by atoms with Gasteiger partial charge in [-0.2, -0.15) is 0 Å². The summed E-state index contributed by atoms with van der Waals surface area (Å²) in [5.41, 5.74) is 1.40. The number of fused-ring (bicyclic) bond motifs is 1. The van der Waals surface area contributed by atoms with E-state index in [-0.39, 0.29) is 18.4 Å². The van der Waals surface area contributed by atoms with Gasteiger partial charge in [-0.3, -0.25) is 9.59 Å². The van der Waals surface area contributed by atoms with Gasteiger partial charge in [0.15, 0.2) is 0 Å². The van der Waals surface area contributed by atoms with Gasteiger partial charge in [-0.05, 0) is 18.9 Å². The van der Waals surface area contributed by atoms with Gasteiger partial charge in [-0.15, -0.1) is 11.3 Å². The maximum Gasteiger partial charge on any atom is 0.341 e. The van der Waals surface area contributed by atoms with E-state index in [1.54, 1.807) is 32.7 Å². The lowest BCUT2D eigenvalue weighted by atomic mass is 10.0. The predicted molar refractivity (Wildman–Crippen MR) is 88.8 cm³/mol. The second kappa shape index (κ2) is 7.12. The van der Waals surface area contributed by atoms with Crippen molar-refractivity contribution in [2.24, 2.45) is 0 Å². The number of amides is 2. The number of anilines is 1. The number of hydrogen-bond donors (Lipinski definition) is 0. The third kappa shape index (κ3) is 3.39. The number of carbonyl (C=O) groups is 3. The summed E-state index contributed by atoms with van der Waals surface area (Å²) >= 11 is 1.40. The smallest absolute Gasteiger partial charge is 0.341 e. The molecule has 23 heavy (non-hydrogen) atoms. The number of carbonyl (C=O) groups excluding carboxylic acids is 3. The number of nitrogens with zero attached hydrogens (tertiary/aromatic N) is 2. The highest BCUT2D eigenvalue weighted by atomic mass is 32.1. The van der Waals surface area contributed by atoms with Crippen LogP contribution < -0.4 is 4.90 Å². The van der Waals surface area contributed by atoms with E-state index >= 15 is 0 Å². The van der Waals surface area contributed by atoms with Gasteiger partial charge in [0.05, 0.1) is 18.7 Å². The molecule has 1 aliphatic heterocycles. The molecule has 1 aromatic heterocycles. The van der Waals surface area contributed by atoms with Crippen LogP contribution in [-0.2, 0) is 27.3 Å². The lowest BCUT2D eigenvalue weighted by Crippen LogP contribution is -2.34. The monoisotopic (exact) mass is 338 g/mol. The summed E-state index contributed by atoms with van der Waals surface area (Å²) in [7, 11) is 1.68. The van der Waals surface area contributed by atoms with E-state index in [2.05, 4.69) is 0 Å². The zero-order valence-corrected chi connectivity index (χ0v) is 14.8. The molecule has 0 saturated carbocycles. The fourth-order valence-electron chi connectivity index (χ4n) is 2.66. The summed E-state index contributed by atoms with van der Waals surface area (Å²) in [6, 6.07) is 0. The van der Waals surface area contributed by atoms with Crippen molar-refractivity contribution in [2.75, 3.05) is 25.1 Å². The Labute approximate surface area is 140 Å². The first-order chi connectivity index (χ1) is 10.9. The van der Waals surface area contributed by atoms with Crippen LogP contribution in [0.2, 0.25) is 0 Å². The molecule has 0 unspecified atom stereocenters. The fourth-order valence-corrected chi connectivity index (χ4v) is 3.99. The molecule has 0 spiro atoms. The molecule has 0 fully saturated rings. The first kappa shape index (κ1) is 17.5. The Kier molecular flexibility index (Phi) is 5.41. The summed E-state index contributed by atoms with van der Waals surface area (Å²) in [4.78, 5) is 40.3. The molecule has 126 valence electrons. The molecular weight excluding hydrogens is 316 g/mol. The number of rotatable bonds is 4. The molecular formula is C16H22N2O4S. The maximum absolute atomic E-state index is 12.4. The van der Waals surface area contributed by atoms with Crippen LogP contribution in [0.4, 0.5) is 5.00 Å². The van der Waals surface area contributed by atoms with E-state index in [0.29, 0.717) is 36.5 Å². The van der Waals surface area contributed by atoms with Gasteiger partial charge in [-0.1, -0.05) is 6.92 Å². The van der Waals surface area contributed by atoms with E-state index in [4.69, 9.17) is 4.74 Å². The SMILES string of the molecule is CCOC(=O)c1c(N(C)C(=O)CC)sc2c1CCN(C(C)=O)C2. The zero-order valence-electron chi connectivity index (χ0n) is 14.0. The van der Waals surface area contributed by atoms with Crippen LogP contribution in [0.1, 0.15) is 48.0 Å². The van der Waals surface area contributed by atoms with Crippen LogP contribution in [0.15, 0.2) is 0 Å². The van der Waals surface area contributed by atoms with Gasteiger partial charge in [0.1, 0.15) is 5.00 Å². The van der Waals surface area contributed by atoms with Crippen LogP contribution in [0.25, 0.3) is 0 Å². The highest BCUT2D eigenvalue weighted by molar-refractivity contribution is 7.17. The summed E-state index contributed by atoms with van der Waals surface area (Å²) in [5.74, 6) is -0.439. The molecule has 0 atom stereocenters. The molecule has 0 saturated heterocycles. The minimum absolute atomic E-state index is 0.0151. The van der Waals surface area contributed by atoms with Gasteiger partial charge < -0.3 is 14.5 Å². The summed E-state index contributed by atoms with van der Waals surface area (Å²) in [6.07, 6.45) is 0.967. The molecule has 2 heterocycles. The van der Waals surface area contributed by atoms with Gasteiger partial charge in [0, 0.05) is 31.8 Å². The van der Waals surface area contributed by atoms with E-state index in [9.17, 15) is 14.4 Å². The van der Waals surface area contributed by atoms with E-state index < -0.39 is 5.97 Å². The first-order valence-corrected chi connectivity index (χ1v) is 8.56. The van der Waals surface area contributed by atoms with Crippen molar-refractivity contribution in [3.05, 3.63) is 16.0 Å². The molecule has 1 aliphatic rings.